The third kappa shape index (κ3) is 5.70. The molecule has 0 radical (unpaired) electrons. The number of thioether (sulfide) groups is 2. The number of benzene rings is 2. The maximum Gasteiger partial charge on any atom is 0.492 e. The molecule has 0 fully saturated rings. The molecule has 0 atom stereocenters. The Morgan fingerprint density at radius 2 is 1.62 bits per heavy atom. The van der Waals surface area contributed by atoms with Gasteiger partial charge in [0.2, 0.25) is 0 Å². The van der Waals surface area contributed by atoms with Crippen LogP contribution in [0.5, 0.6) is 0 Å². The maximum atomic E-state index is 13.0. The van der Waals surface area contributed by atoms with E-state index in [9.17, 15) is 8.78 Å². The summed E-state index contributed by atoms with van der Waals surface area (Å²) in [5, 5.41) is 17.6. The largest absolute Gasteiger partial charge is 0.492 e. The smallest absolute Gasteiger partial charge is 0.423 e. The number of rotatable bonds is 3. The van der Waals surface area contributed by atoms with Crippen molar-refractivity contribution >= 4 is 36.1 Å². The Morgan fingerprint density at radius 3 is 2.05 bits per heavy atom. The summed E-state index contributed by atoms with van der Waals surface area (Å²) in [5.41, 5.74) is -0.0509. The van der Waals surface area contributed by atoms with E-state index in [0.717, 1.165) is 4.90 Å². The summed E-state index contributed by atoms with van der Waals surface area (Å²) < 4.78 is 25.3. The first-order valence-corrected chi connectivity index (χ1v) is 8.42. The molecule has 7 heteroatoms. The molecule has 0 saturated carbocycles. The van der Waals surface area contributed by atoms with Crippen LogP contribution < -0.4 is 5.46 Å². The van der Waals surface area contributed by atoms with Crippen LogP contribution in [-0.4, -0.2) is 29.7 Å². The molecular weight excluding hydrogens is 313 g/mol. The molecule has 0 aliphatic heterocycles. The van der Waals surface area contributed by atoms with Crippen LogP contribution in [0.3, 0.4) is 0 Å². The van der Waals surface area contributed by atoms with Gasteiger partial charge in [-0.15, -0.1) is 23.5 Å². The lowest BCUT2D eigenvalue weighted by atomic mass is 9.80. The molecule has 2 nitrogen and oxygen atoms in total. The molecular formula is C14H15BF2O2S2. The van der Waals surface area contributed by atoms with Crippen LogP contribution in [0.25, 0.3) is 0 Å². The fourth-order valence-electron chi connectivity index (χ4n) is 1.54. The van der Waals surface area contributed by atoms with Crippen LogP contribution in [0.4, 0.5) is 8.78 Å². The van der Waals surface area contributed by atoms with Gasteiger partial charge in [0, 0.05) is 15.3 Å². The van der Waals surface area contributed by atoms with E-state index in [0.29, 0.717) is 4.90 Å². The van der Waals surface area contributed by atoms with E-state index in [4.69, 9.17) is 10.0 Å². The molecule has 0 saturated heterocycles. The third-order valence-corrected chi connectivity index (χ3v) is 4.04. The van der Waals surface area contributed by atoms with Gasteiger partial charge in [-0.25, -0.2) is 8.78 Å². The lowest BCUT2D eigenvalue weighted by Crippen LogP contribution is -2.34. The average molecular weight is 328 g/mol. The monoisotopic (exact) mass is 328 g/mol. The van der Waals surface area contributed by atoms with Crippen LogP contribution in [0, 0.1) is 11.6 Å². The van der Waals surface area contributed by atoms with Gasteiger partial charge in [0.1, 0.15) is 11.6 Å². The summed E-state index contributed by atoms with van der Waals surface area (Å²) >= 11 is 2.82. The van der Waals surface area contributed by atoms with Gasteiger partial charge in [0.25, 0.3) is 0 Å². The van der Waals surface area contributed by atoms with E-state index in [1.54, 1.807) is 30.2 Å². The molecule has 2 rings (SSSR count). The van der Waals surface area contributed by atoms with Crippen LogP contribution >= 0.6 is 23.5 Å². The van der Waals surface area contributed by atoms with Crippen LogP contribution in [-0.2, 0) is 0 Å². The fraction of sp³-hybridized carbons (Fsp3) is 0.143. The summed E-state index contributed by atoms with van der Waals surface area (Å²) in [6, 6.07) is 10.9. The van der Waals surface area contributed by atoms with Crippen molar-refractivity contribution < 1.29 is 18.8 Å². The van der Waals surface area contributed by atoms with Crippen molar-refractivity contribution in [3.8, 4) is 0 Å². The zero-order chi connectivity index (χ0) is 15.8. The van der Waals surface area contributed by atoms with E-state index >= 15 is 0 Å². The van der Waals surface area contributed by atoms with E-state index in [-0.39, 0.29) is 11.3 Å². The zero-order valence-corrected chi connectivity index (χ0v) is 13.2. The summed E-state index contributed by atoms with van der Waals surface area (Å²) in [6.07, 6.45) is 3.68. The minimum Gasteiger partial charge on any atom is -0.423 e. The standard InChI is InChI=1S/C7H8BFO2S.C7H7FS/c1-12-6-4-2-3-5(9)7(6)8(10)11;1-9-7-4-2-3-6(8)5-7/h2-4,10-11H,1H3;2-5H,1H3. The predicted molar refractivity (Wildman–Crippen MR) is 86.2 cm³/mol. The second-order valence-electron chi connectivity index (χ2n) is 3.89. The Kier molecular flexibility index (Phi) is 7.81. The first-order valence-electron chi connectivity index (χ1n) is 5.97. The summed E-state index contributed by atoms with van der Waals surface area (Å²) in [7, 11) is -1.74. The Hall–Kier alpha value is -1.02. The average Bonchev–Trinajstić information content (AvgIpc) is 2.47. The number of halogens is 2. The van der Waals surface area contributed by atoms with E-state index in [2.05, 4.69) is 0 Å². The Bertz CT molecular complexity index is 583. The van der Waals surface area contributed by atoms with Gasteiger partial charge in [-0.05, 0) is 42.8 Å². The second kappa shape index (κ2) is 9.09. The molecule has 2 N–H and O–H groups in total. The zero-order valence-electron chi connectivity index (χ0n) is 11.6. The van der Waals surface area contributed by atoms with Crippen molar-refractivity contribution in [2.24, 2.45) is 0 Å². The Labute approximate surface area is 131 Å². The molecule has 112 valence electrons. The molecule has 0 heterocycles. The van der Waals surface area contributed by atoms with E-state index in [1.807, 2.05) is 12.3 Å². The normalized spacial score (nSPS) is 9.81. The molecule has 0 aliphatic carbocycles. The van der Waals surface area contributed by atoms with Gasteiger partial charge in [-0.3, -0.25) is 0 Å². The second-order valence-corrected chi connectivity index (χ2v) is 5.62. The van der Waals surface area contributed by atoms with Crippen LogP contribution in [0.1, 0.15) is 0 Å². The topological polar surface area (TPSA) is 40.5 Å². The maximum absolute atomic E-state index is 13.0. The Balaban J connectivity index is 0.000000219. The first kappa shape index (κ1) is 18.0. The third-order valence-electron chi connectivity index (χ3n) is 2.52. The van der Waals surface area contributed by atoms with Gasteiger partial charge < -0.3 is 10.0 Å². The lowest BCUT2D eigenvalue weighted by Gasteiger charge is -2.06. The summed E-state index contributed by atoms with van der Waals surface area (Å²) in [6.45, 7) is 0. The summed E-state index contributed by atoms with van der Waals surface area (Å²) in [4.78, 5) is 1.51. The van der Waals surface area contributed by atoms with Gasteiger partial charge in [-0.2, -0.15) is 0 Å². The highest BCUT2D eigenvalue weighted by Crippen LogP contribution is 2.14. The Morgan fingerprint density at radius 1 is 0.952 bits per heavy atom. The van der Waals surface area contributed by atoms with Crippen molar-refractivity contribution in [3.63, 3.8) is 0 Å². The van der Waals surface area contributed by atoms with Gasteiger partial charge in [0.05, 0.1) is 0 Å². The molecule has 0 aromatic heterocycles. The number of hydrogen-bond donors (Lipinski definition) is 2. The molecule has 0 unspecified atom stereocenters. The SMILES string of the molecule is CSc1cccc(F)c1.CSc1cccc(F)c1B(O)O. The highest BCUT2D eigenvalue weighted by atomic mass is 32.2. The van der Waals surface area contributed by atoms with Gasteiger partial charge >= 0.3 is 7.12 Å². The van der Waals surface area contributed by atoms with Gasteiger partial charge in [0.15, 0.2) is 0 Å². The van der Waals surface area contributed by atoms with Crippen LogP contribution in [0.15, 0.2) is 52.3 Å². The molecule has 0 bridgehead atoms. The summed E-state index contributed by atoms with van der Waals surface area (Å²) in [5.74, 6) is -0.751. The van der Waals surface area contributed by atoms with Crippen molar-refractivity contribution in [1.82, 2.24) is 0 Å². The lowest BCUT2D eigenvalue weighted by molar-refractivity contribution is 0.422. The quantitative estimate of drug-likeness (QED) is 0.671. The van der Waals surface area contributed by atoms with Crippen molar-refractivity contribution in [2.75, 3.05) is 12.5 Å². The minimum absolute atomic E-state index is 0.0509. The van der Waals surface area contributed by atoms with Crippen molar-refractivity contribution in [3.05, 3.63) is 54.1 Å². The molecule has 2 aromatic carbocycles. The minimum atomic E-state index is -1.74. The molecule has 21 heavy (non-hydrogen) atoms. The van der Waals surface area contributed by atoms with E-state index in [1.165, 1.54) is 36.0 Å². The highest BCUT2D eigenvalue weighted by molar-refractivity contribution is 7.99. The predicted octanol–water partition coefficient (Wildman–Crippen LogP) is 2.78. The molecule has 0 spiro atoms. The molecule has 2 aromatic rings. The first-order chi connectivity index (χ1) is 9.99. The molecule has 0 amide bonds. The van der Waals surface area contributed by atoms with Crippen molar-refractivity contribution in [2.45, 2.75) is 9.79 Å². The fourth-order valence-corrected chi connectivity index (χ4v) is 2.62. The highest BCUT2D eigenvalue weighted by Gasteiger charge is 2.19. The van der Waals surface area contributed by atoms with Gasteiger partial charge in [-0.1, -0.05) is 12.1 Å². The van der Waals surface area contributed by atoms with Crippen LogP contribution in [0.2, 0.25) is 0 Å². The number of hydrogen-bond acceptors (Lipinski definition) is 4. The van der Waals surface area contributed by atoms with Crippen molar-refractivity contribution in [1.29, 1.82) is 0 Å². The molecule has 0 aliphatic rings. The van der Waals surface area contributed by atoms with E-state index < -0.39 is 12.9 Å².